The molecule has 0 aliphatic heterocycles. The van der Waals surface area contributed by atoms with Crippen LogP contribution in [-0.4, -0.2) is 5.11 Å². The minimum Gasteiger partial charge on any atom is -0.457 e. The van der Waals surface area contributed by atoms with Crippen LogP contribution in [0.25, 0.3) is 0 Å². The second kappa shape index (κ2) is 6.09. The standard InChI is InChI=1S/C16H17ClO2/c1-3-15(18)13-6-4-5-7-16(13)19-12-8-9-14(17)11(2)10-12/h4-10,15,18H,3H2,1-2H3/t15-/m1/s1. The van der Waals surface area contributed by atoms with Gasteiger partial charge < -0.3 is 9.84 Å². The Bertz CT molecular complexity index is 566. The molecule has 19 heavy (non-hydrogen) atoms. The van der Waals surface area contributed by atoms with Gasteiger partial charge in [-0.2, -0.15) is 0 Å². The normalized spacial score (nSPS) is 12.2. The van der Waals surface area contributed by atoms with E-state index in [1.165, 1.54) is 0 Å². The molecule has 100 valence electrons. The van der Waals surface area contributed by atoms with Gasteiger partial charge in [0.05, 0.1) is 6.10 Å². The molecule has 1 atom stereocenters. The molecule has 0 radical (unpaired) electrons. The fraction of sp³-hybridized carbons (Fsp3) is 0.250. The number of aryl methyl sites for hydroxylation is 1. The lowest BCUT2D eigenvalue weighted by molar-refractivity contribution is 0.170. The molecule has 0 fully saturated rings. The van der Waals surface area contributed by atoms with Crippen molar-refractivity contribution >= 4 is 11.6 Å². The van der Waals surface area contributed by atoms with Crippen molar-refractivity contribution in [2.45, 2.75) is 26.4 Å². The Hall–Kier alpha value is -1.51. The third kappa shape index (κ3) is 3.28. The van der Waals surface area contributed by atoms with Gasteiger partial charge in [0.15, 0.2) is 0 Å². The highest BCUT2D eigenvalue weighted by molar-refractivity contribution is 6.31. The van der Waals surface area contributed by atoms with Crippen LogP contribution < -0.4 is 4.74 Å². The van der Waals surface area contributed by atoms with Crippen molar-refractivity contribution in [2.24, 2.45) is 0 Å². The van der Waals surface area contributed by atoms with Gasteiger partial charge in [-0.25, -0.2) is 0 Å². The van der Waals surface area contributed by atoms with Crippen LogP contribution in [0.4, 0.5) is 0 Å². The Morgan fingerprint density at radius 1 is 1.21 bits per heavy atom. The maximum absolute atomic E-state index is 9.99. The summed E-state index contributed by atoms with van der Waals surface area (Å²) in [5.41, 5.74) is 1.77. The summed E-state index contributed by atoms with van der Waals surface area (Å²) >= 11 is 5.99. The van der Waals surface area contributed by atoms with E-state index >= 15 is 0 Å². The Labute approximate surface area is 118 Å². The Kier molecular flexibility index (Phi) is 4.46. The number of aliphatic hydroxyl groups excluding tert-OH is 1. The molecule has 0 spiro atoms. The first-order valence-electron chi connectivity index (χ1n) is 6.32. The summed E-state index contributed by atoms with van der Waals surface area (Å²) in [5.74, 6) is 1.40. The number of hydrogen-bond acceptors (Lipinski definition) is 2. The fourth-order valence-electron chi connectivity index (χ4n) is 1.88. The highest BCUT2D eigenvalue weighted by Crippen LogP contribution is 2.32. The van der Waals surface area contributed by atoms with Crippen LogP contribution in [0.1, 0.15) is 30.6 Å². The first kappa shape index (κ1) is 13.9. The summed E-state index contributed by atoms with van der Waals surface area (Å²) in [6, 6.07) is 13.1. The lowest BCUT2D eigenvalue weighted by atomic mass is 10.1. The van der Waals surface area contributed by atoms with Gasteiger partial charge in [-0.05, 0) is 43.2 Å². The van der Waals surface area contributed by atoms with Crippen LogP contribution in [0.3, 0.4) is 0 Å². The number of para-hydroxylation sites is 1. The zero-order valence-corrected chi connectivity index (χ0v) is 11.8. The molecular weight excluding hydrogens is 260 g/mol. The SMILES string of the molecule is CC[C@@H](O)c1ccccc1Oc1ccc(Cl)c(C)c1. The number of aliphatic hydroxyl groups is 1. The van der Waals surface area contributed by atoms with Gasteiger partial charge in [-0.3, -0.25) is 0 Å². The lowest BCUT2D eigenvalue weighted by Gasteiger charge is -2.15. The monoisotopic (exact) mass is 276 g/mol. The van der Waals surface area contributed by atoms with E-state index in [4.69, 9.17) is 16.3 Å². The van der Waals surface area contributed by atoms with E-state index in [2.05, 4.69) is 0 Å². The third-order valence-corrected chi connectivity index (χ3v) is 3.45. The summed E-state index contributed by atoms with van der Waals surface area (Å²) in [4.78, 5) is 0. The van der Waals surface area contributed by atoms with Crippen molar-refractivity contribution in [3.63, 3.8) is 0 Å². The highest BCUT2D eigenvalue weighted by Gasteiger charge is 2.12. The first-order chi connectivity index (χ1) is 9.11. The lowest BCUT2D eigenvalue weighted by Crippen LogP contribution is -1.98. The van der Waals surface area contributed by atoms with Crippen molar-refractivity contribution in [1.29, 1.82) is 0 Å². The molecule has 2 aromatic carbocycles. The molecular formula is C16H17ClO2. The molecule has 2 nitrogen and oxygen atoms in total. The smallest absolute Gasteiger partial charge is 0.133 e. The zero-order chi connectivity index (χ0) is 13.8. The van der Waals surface area contributed by atoms with Crippen LogP contribution in [0.2, 0.25) is 5.02 Å². The molecule has 3 heteroatoms. The van der Waals surface area contributed by atoms with E-state index in [-0.39, 0.29) is 0 Å². The summed E-state index contributed by atoms with van der Waals surface area (Å²) in [7, 11) is 0. The maximum atomic E-state index is 9.99. The fourth-order valence-corrected chi connectivity index (χ4v) is 1.99. The average Bonchev–Trinajstić information content (AvgIpc) is 2.43. The van der Waals surface area contributed by atoms with E-state index in [0.717, 1.165) is 16.9 Å². The van der Waals surface area contributed by atoms with Gasteiger partial charge >= 0.3 is 0 Å². The molecule has 0 amide bonds. The molecule has 0 saturated carbocycles. The van der Waals surface area contributed by atoms with Crippen molar-refractivity contribution in [3.8, 4) is 11.5 Å². The number of ether oxygens (including phenoxy) is 1. The number of hydrogen-bond donors (Lipinski definition) is 1. The van der Waals surface area contributed by atoms with Crippen molar-refractivity contribution in [3.05, 3.63) is 58.6 Å². The molecule has 0 aliphatic carbocycles. The van der Waals surface area contributed by atoms with Crippen LogP contribution in [0.5, 0.6) is 11.5 Å². The van der Waals surface area contributed by atoms with Gasteiger partial charge in [0.1, 0.15) is 11.5 Å². The second-order valence-corrected chi connectivity index (χ2v) is 4.88. The van der Waals surface area contributed by atoms with E-state index in [1.807, 2.05) is 56.3 Å². The van der Waals surface area contributed by atoms with E-state index in [0.29, 0.717) is 17.2 Å². The molecule has 0 aromatic heterocycles. The Morgan fingerprint density at radius 2 is 1.95 bits per heavy atom. The van der Waals surface area contributed by atoms with Crippen molar-refractivity contribution < 1.29 is 9.84 Å². The molecule has 0 unspecified atom stereocenters. The molecule has 0 aliphatic rings. The summed E-state index contributed by atoms with van der Waals surface area (Å²) in [6.45, 7) is 3.87. The van der Waals surface area contributed by atoms with E-state index in [9.17, 15) is 5.11 Å². The van der Waals surface area contributed by atoms with Crippen LogP contribution in [0.15, 0.2) is 42.5 Å². The average molecular weight is 277 g/mol. The Morgan fingerprint density at radius 3 is 2.63 bits per heavy atom. The predicted molar refractivity (Wildman–Crippen MR) is 78.0 cm³/mol. The van der Waals surface area contributed by atoms with Gasteiger partial charge in [-0.15, -0.1) is 0 Å². The molecule has 0 heterocycles. The molecule has 1 N–H and O–H groups in total. The predicted octanol–water partition coefficient (Wildman–Crippen LogP) is 4.88. The first-order valence-corrected chi connectivity index (χ1v) is 6.70. The molecule has 0 saturated heterocycles. The second-order valence-electron chi connectivity index (χ2n) is 4.47. The topological polar surface area (TPSA) is 29.5 Å². The number of benzene rings is 2. The van der Waals surface area contributed by atoms with Crippen LogP contribution >= 0.6 is 11.6 Å². The maximum Gasteiger partial charge on any atom is 0.133 e. The van der Waals surface area contributed by atoms with Gasteiger partial charge in [0.25, 0.3) is 0 Å². The molecule has 2 rings (SSSR count). The minimum absolute atomic E-state index is 0.510. The van der Waals surface area contributed by atoms with Crippen LogP contribution in [0, 0.1) is 6.92 Å². The van der Waals surface area contributed by atoms with Crippen molar-refractivity contribution in [2.75, 3.05) is 0 Å². The molecule has 0 bridgehead atoms. The summed E-state index contributed by atoms with van der Waals surface area (Å²) < 4.78 is 5.85. The minimum atomic E-state index is -0.510. The Balaban J connectivity index is 2.30. The third-order valence-electron chi connectivity index (χ3n) is 3.02. The molecule has 2 aromatic rings. The summed E-state index contributed by atoms with van der Waals surface area (Å²) in [6.07, 6.45) is 0.143. The van der Waals surface area contributed by atoms with E-state index < -0.39 is 6.10 Å². The van der Waals surface area contributed by atoms with Crippen LogP contribution in [-0.2, 0) is 0 Å². The number of rotatable bonds is 4. The van der Waals surface area contributed by atoms with Gasteiger partial charge in [-0.1, -0.05) is 36.7 Å². The van der Waals surface area contributed by atoms with Gasteiger partial charge in [0, 0.05) is 10.6 Å². The van der Waals surface area contributed by atoms with E-state index in [1.54, 1.807) is 0 Å². The van der Waals surface area contributed by atoms with Crippen molar-refractivity contribution in [1.82, 2.24) is 0 Å². The largest absolute Gasteiger partial charge is 0.457 e. The summed E-state index contributed by atoms with van der Waals surface area (Å²) in [5, 5.41) is 10.7. The highest BCUT2D eigenvalue weighted by atomic mass is 35.5. The van der Waals surface area contributed by atoms with Gasteiger partial charge in [0.2, 0.25) is 0 Å². The quantitative estimate of drug-likeness (QED) is 0.862. The number of halogens is 1. The zero-order valence-electron chi connectivity index (χ0n) is 11.1.